The first-order valence-corrected chi connectivity index (χ1v) is 12.0. The number of aliphatic imine (C=N–C) groups is 1. The van der Waals surface area contributed by atoms with Crippen molar-refractivity contribution in [3.8, 4) is 0 Å². The van der Waals surface area contributed by atoms with Gasteiger partial charge in [-0.05, 0) is 30.4 Å². The molecule has 0 aliphatic rings. The van der Waals surface area contributed by atoms with Gasteiger partial charge in [0.15, 0.2) is 5.76 Å². The molecule has 1 unspecified atom stereocenters. The first kappa shape index (κ1) is 27.7. The molecule has 2 rings (SSSR count). The van der Waals surface area contributed by atoms with Crippen LogP contribution in [-0.4, -0.2) is 48.0 Å². The summed E-state index contributed by atoms with van der Waals surface area (Å²) in [6.07, 6.45) is -0.166. The molecule has 0 bridgehead atoms. The minimum absolute atomic E-state index is 0.00752. The normalized spacial score (nSPS) is 13.6. The smallest absolute Gasteiger partial charge is 0.452 e. The van der Waals surface area contributed by atoms with Gasteiger partial charge in [0.2, 0.25) is 6.29 Å². The van der Waals surface area contributed by atoms with Gasteiger partial charge in [0.05, 0.1) is 16.6 Å². The maximum absolute atomic E-state index is 12.0. The minimum atomic E-state index is -0.983. The summed E-state index contributed by atoms with van der Waals surface area (Å²) in [5.41, 5.74) is 3.96. The molecule has 0 radical (unpaired) electrons. The lowest BCUT2D eigenvalue weighted by molar-refractivity contribution is -0.0658. The monoisotopic (exact) mass is 509 g/mol. The molecule has 0 aliphatic carbocycles. The number of carbonyl (C=O) groups is 1. The number of ether oxygens (including phenoxy) is 3. The van der Waals surface area contributed by atoms with Crippen LogP contribution >= 0.6 is 23.2 Å². The number of hydrogen-bond acceptors (Lipinski definition) is 6. The van der Waals surface area contributed by atoms with Crippen LogP contribution in [0, 0.1) is 6.92 Å². The maximum Gasteiger partial charge on any atom is 0.511 e. The number of aryl methyl sites for hydroxylation is 2. The third kappa shape index (κ3) is 7.00. The van der Waals surface area contributed by atoms with Crippen molar-refractivity contribution in [1.82, 2.24) is 9.78 Å². The van der Waals surface area contributed by atoms with Crippen LogP contribution in [0.2, 0.25) is 5.02 Å². The number of benzene rings is 1. The van der Waals surface area contributed by atoms with E-state index in [0.29, 0.717) is 34.3 Å². The molecule has 1 atom stereocenters. The first-order chi connectivity index (χ1) is 16.0. The Morgan fingerprint density at radius 1 is 1.24 bits per heavy atom. The van der Waals surface area contributed by atoms with Crippen LogP contribution in [0.1, 0.15) is 57.1 Å². The van der Waals surface area contributed by atoms with Gasteiger partial charge in [-0.2, -0.15) is 5.10 Å². The Morgan fingerprint density at radius 3 is 2.41 bits per heavy atom. The van der Waals surface area contributed by atoms with Crippen molar-refractivity contribution in [2.75, 3.05) is 19.5 Å². The number of hydrogen-bond donors (Lipinski definition) is 0. The van der Waals surface area contributed by atoms with Crippen LogP contribution in [0.15, 0.2) is 29.3 Å². The third-order valence-electron chi connectivity index (χ3n) is 4.98. The van der Waals surface area contributed by atoms with Gasteiger partial charge in [-0.3, -0.25) is 9.67 Å². The van der Waals surface area contributed by atoms with Crippen molar-refractivity contribution >= 4 is 46.9 Å². The summed E-state index contributed by atoms with van der Waals surface area (Å²) in [6.45, 7) is 12.4. The Bertz CT molecular complexity index is 1040. The number of rotatable bonds is 9. The average Bonchev–Trinajstić information content (AvgIpc) is 3.07. The van der Waals surface area contributed by atoms with Gasteiger partial charge >= 0.3 is 6.16 Å². The molecule has 7 nitrogen and oxygen atoms in total. The topological polar surface area (TPSA) is 74.9 Å². The molecule has 0 fully saturated rings. The average molecular weight is 510 g/mol. The summed E-state index contributed by atoms with van der Waals surface area (Å²) in [6, 6.07) is 8.16. The van der Waals surface area contributed by atoms with E-state index in [2.05, 4.69) is 43.0 Å². The van der Waals surface area contributed by atoms with Gasteiger partial charge in [0.1, 0.15) is 12.3 Å². The van der Waals surface area contributed by atoms with E-state index in [4.69, 9.17) is 37.4 Å². The second-order valence-corrected chi connectivity index (χ2v) is 9.37. The second kappa shape index (κ2) is 12.3. The minimum Gasteiger partial charge on any atom is -0.452 e. The van der Waals surface area contributed by atoms with Crippen LogP contribution in [-0.2, 0) is 26.2 Å². The van der Waals surface area contributed by atoms with E-state index in [0.717, 1.165) is 5.56 Å². The van der Waals surface area contributed by atoms with Crippen molar-refractivity contribution in [3.63, 3.8) is 0 Å². The van der Waals surface area contributed by atoms with Crippen LogP contribution in [0.3, 0.4) is 0 Å². The fourth-order valence-corrected chi connectivity index (χ4v) is 3.58. The van der Waals surface area contributed by atoms with Crippen molar-refractivity contribution in [2.24, 2.45) is 4.99 Å². The lowest BCUT2D eigenvalue weighted by Gasteiger charge is -2.22. The second-order valence-electron chi connectivity index (χ2n) is 8.61. The zero-order valence-corrected chi connectivity index (χ0v) is 22.3. The first-order valence-electron chi connectivity index (χ1n) is 11.1. The fraction of sp³-hybridized carbons (Fsp3) is 0.480. The SMILES string of the molecule is CCn1nc(C)c(Cl)c1/C(OC(C)OC(=O)OCCCl)=C(\C=NC)c1ccc(C(C)(C)C)cc1. The highest BCUT2D eigenvalue weighted by atomic mass is 35.5. The maximum atomic E-state index is 12.0. The molecule has 2 aromatic rings. The molecule has 0 saturated heterocycles. The zero-order valence-electron chi connectivity index (χ0n) is 20.8. The number of nitrogens with zero attached hydrogens (tertiary/aromatic N) is 3. The van der Waals surface area contributed by atoms with Crippen molar-refractivity contribution < 1.29 is 19.0 Å². The Balaban J connectivity index is 2.64. The van der Waals surface area contributed by atoms with E-state index < -0.39 is 12.4 Å². The number of allylic oxidation sites excluding steroid dienone is 1. The summed E-state index contributed by atoms with van der Waals surface area (Å²) in [7, 11) is 1.68. The number of alkyl halides is 1. The number of carbonyl (C=O) groups excluding carboxylic acids is 1. The van der Waals surface area contributed by atoms with E-state index in [1.54, 1.807) is 24.9 Å². The van der Waals surface area contributed by atoms with Crippen molar-refractivity contribution in [3.05, 3.63) is 51.8 Å². The van der Waals surface area contributed by atoms with Gasteiger partial charge in [0, 0.05) is 32.3 Å². The highest BCUT2D eigenvalue weighted by Crippen LogP contribution is 2.35. The van der Waals surface area contributed by atoms with Crippen molar-refractivity contribution in [2.45, 2.75) is 59.8 Å². The van der Waals surface area contributed by atoms with Gasteiger partial charge < -0.3 is 14.2 Å². The molecule has 0 spiro atoms. The van der Waals surface area contributed by atoms with Gasteiger partial charge in [-0.15, -0.1) is 11.6 Å². The molecule has 0 N–H and O–H groups in total. The Morgan fingerprint density at radius 2 is 1.88 bits per heavy atom. The Labute approximate surface area is 211 Å². The molecule has 34 heavy (non-hydrogen) atoms. The highest BCUT2D eigenvalue weighted by molar-refractivity contribution is 6.33. The standard InChI is InChI=1S/C25H33Cl2N3O4/c1-8-30-22(21(27)16(2)29-30)23(33-17(3)34-24(31)32-14-13-26)20(15-28-7)18-9-11-19(12-10-18)25(4,5)6/h9-12,15,17H,8,13-14H2,1-7H3/b23-20-,28-15?. The van der Waals surface area contributed by atoms with E-state index >= 15 is 0 Å². The van der Waals surface area contributed by atoms with Crippen LogP contribution < -0.4 is 0 Å². The Hall–Kier alpha value is -2.51. The Kier molecular flexibility index (Phi) is 10.0. The van der Waals surface area contributed by atoms with E-state index in [1.807, 2.05) is 26.0 Å². The lowest BCUT2D eigenvalue weighted by atomic mass is 9.86. The predicted molar refractivity (Wildman–Crippen MR) is 138 cm³/mol. The van der Waals surface area contributed by atoms with E-state index in [1.165, 1.54) is 5.56 Å². The number of aromatic nitrogens is 2. The highest BCUT2D eigenvalue weighted by Gasteiger charge is 2.25. The molecule has 0 saturated carbocycles. The number of halogens is 2. The molecule has 9 heteroatoms. The molecule has 1 heterocycles. The summed E-state index contributed by atoms with van der Waals surface area (Å²) in [4.78, 5) is 16.2. The molecular weight excluding hydrogens is 477 g/mol. The summed E-state index contributed by atoms with van der Waals surface area (Å²) < 4.78 is 18.1. The summed E-state index contributed by atoms with van der Waals surface area (Å²) in [5.74, 6) is 0.557. The van der Waals surface area contributed by atoms with Crippen LogP contribution in [0.4, 0.5) is 4.79 Å². The van der Waals surface area contributed by atoms with Crippen LogP contribution in [0.25, 0.3) is 11.3 Å². The van der Waals surface area contributed by atoms with Gasteiger partial charge in [0.25, 0.3) is 0 Å². The lowest BCUT2D eigenvalue weighted by Crippen LogP contribution is -2.21. The van der Waals surface area contributed by atoms with Gasteiger partial charge in [-0.1, -0.05) is 56.6 Å². The quantitative estimate of drug-likeness (QED) is 0.127. The van der Waals surface area contributed by atoms with Gasteiger partial charge in [-0.25, -0.2) is 4.79 Å². The summed E-state index contributed by atoms with van der Waals surface area (Å²) in [5, 5.41) is 4.97. The molecule has 1 aromatic carbocycles. The van der Waals surface area contributed by atoms with Crippen LogP contribution in [0.5, 0.6) is 0 Å². The zero-order chi connectivity index (χ0) is 25.5. The van der Waals surface area contributed by atoms with E-state index in [9.17, 15) is 4.79 Å². The summed E-state index contributed by atoms with van der Waals surface area (Å²) >= 11 is 12.2. The molecule has 0 amide bonds. The molecule has 1 aromatic heterocycles. The fourth-order valence-electron chi connectivity index (χ4n) is 3.28. The third-order valence-corrected chi connectivity index (χ3v) is 5.58. The van der Waals surface area contributed by atoms with Crippen molar-refractivity contribution in [1.29, 1.82) is 0 Å². The largest absolute Gasteiger partial charge is 0.511 e. The van der Waals surface area contributed by atoms with E-state index in [-0.39, 0.29) is 17.9 Å². The predicted octanol–water partition coefficient (Wildman–Crippen LogP) is 6.49. The molecular formula is C25H33Cl2N3O4. The molecule has 186 valence electrons. The molecule has 0 aliphatic heterocycles.